The van der Waals surface area contributed by atoms with E-state index in [4.69, 9.17) is 0 Å². The molecule has 1 heterocycles. The first kappa shape index (κ1) is 10.1. The maximum Gasteiger partial charge on any atom is 0.0822 e. The minimum absolute atomic E-state index is 0.220. The molecule has 3 heteroatoms. The Balaban J connectivity index is 1.93. The van der Waals surface area contributed by atoms with Gasteiger partial charge in [-0.1, -0.05) is 12.1 Å². The van der Waals surface area contributed by atoms with E-state index in [0.717, 1.165) is 30.5 Å². The van der Waals surface area contributed by atoms with Gasteiger partial charge >= 0.3 is 0 Å². The Kier molecular flexibility index (Phi) is 2.22. The zero-order valence-corrected chi connectivity index (χ0v) is 9.50. The van der Waals surface area contributed by atoms with Crippen molar-refractivity contribution in [1.29, 1.82) is 5.26 Å². The van der Waals surface area contributed by atoms with E-state index in [9.17, 15) is 5.26 Å². The van der Waals surface area contributed by atoms with Crippen LogP contribution in [0.1, 0.15) is 24.8 Å². The van der Waals surface area contributed by atoms with Crippen LogP contribution in [0.4, 0.5) is 0 Å². The first-order chi connectivity index (χ1) is 8.34. The van der Waals surface area contributed by atoms with Gasteiger partial charge in [-0.2, -0.15) is 10.4 Å². The number of rotatable bonds is 2. The van der Waals surface area contributed by atoms with Crippen molar-refractivity contribution in [2.45, 2.75) is 24.7 Å². The van der Waals surface area contributed by atoms with Gasteiger partial charge in [0.2, 0.25) is 0 Å². The van der Waals surface area contributed by atoms with Gasteiger partial charge in [-0.3, -0.25) is 0 Å². The molecule has 17 heavy (non-hydrogen) atoms. The van der Waals surface area contributed by atoms with Crippen molar-refractivity contribution < 1.29 is 0 Å². The molecule has 3 nitrogen and oxygen atoms in total. The van der Waals surface area contributed by atoms with Gasteiger partial charge < -0.3 is 0 Å². The topological polar surface area (TPSA) is 41.6 Å². The molecule has 1 aliphatic carbocycles. The summed E-state index contributed by atoms with van der Waals surface area (Å²) in [5.74, 6) is 0. The molecule has 0 amide bonds. The summed E-state index contributed by atoms with van der Waals surface area (Å²) in [7, 11) is 0. The standard InChI is InChI=1S/C14H13N3/c15-11-14(7-1-8-14)12-3-5-13(6-4-12)17-10-2-9-16-17/h2-6,9-10H,1,7-8H2. The average molecular weight is 223 g/mol. The third-order valence-electron chi connectivity index (χ3n) is 3.61. The van der Waals surface area contributed by atoms with E-state index in [2.05, 4.69) is 23.3 Å². The van der Waals surface area contributed by atoms with Gasteiger partial charge in [0, 0.05) is 12.4 Å². The molecule has 1 aliphatic rings. The SMILES string of the molecule is N#CC1(c2ccc(-n3cccn3)cc2)CCC1. The number of hydrogen-bond acceptors (Lipinski definition) is 2. The molecule has 1 fully saturated rings. The van der Waals surface area contributed by atoms with Crippen LogP contribution in [0, 0.1) is 11.3 Å². The van der Waals surface area contributed by atoms with Gasteiger partial charge in [-0.05, 0) is 43.0 Å². The van der Waals surface area contributed by atoms with Gasteiger partial charge in [-0.15, -0.1) is 0 Å². The smallest absolute Gasteiger partial charge is 0.0822 e. The highest BCUT2D eigenvalue weighted by Crippen LogP contribution is 2.43. The molecule has 1 aromatic carbocycles. The third-order valence-corrected chi connectivity index (χ3v) is 3.61. The summed E-state index contributed by atoms with van der Waals surface area (Å²) in [5.41, 5.74) is 1.95. The molecule has 1 saturated carbocycles. The van der Waals surface area contributed by atoms with Crippen LogP contribution in [0.2, 0.25) is 0 Å². The minimum atomic E-state index is -0.220. The Hall–Kier alpha value is -2.08. The van der Waals surface area contributed by atoms with Crippen LogP contribution >= 0.6 is 0 Å². The molecule has 1 aromatic heterocycles. The molecule has 0 aliphatic heterocycles. The lowest BCUT2D eigenvalue weighted by Gasteiger charge is -2.35. The highest BCUT2D eigenvalue weighted by molar-refractivity contribution is 5.41. The van der Waals surface area contributed by atoms with Gasteiger partial charge in [0.1, 0.15) is 0 Å². The van der Waals surface area contributed by atoms with Crippen LogP contribution in [-0.2, 0) is 5.41 Å². The number of nitriles is 1. The Morgan fingerprint density at radius 3 is 2.47 bits per heavy atom. The number of aromatic nitrogens is 2. The fraction of sp³-hybridized carbons (Fsp3) is 0.286. The van der Waals surface area contributed by atoms with Crippen molar-refractivity contribution in [3.63, 3.8) is 0 Å². The second kappa shape index (κ2) is 3.74. The quantitative estimate of drug-likeness (QED) is 0.785. The van der Waals surface area contributed by atoms with E-state index in [1.807, 2.05) is 29.1 Å². The van der Waals surface area contributed by atoms with E-state index in [0.29, 0.717) is 0 Å². The average Bonchev–Trinajstić information content (AvgIpc) is 2.83. The largest absolute Gasteiger partial charge is 0.241 e. The van der Waals surface area contributed by atoms with Crippen molar-refractivity contribution in [3.05, 3.63) is 48.3 Å². The number of nitrogens with zero attached hydrogens (tertiary/aromatic N) is 3. The van der Waals surface area contributed by atoms with Gasteiger partial charge in [0.25, 0.3) is 0 Å². The molecular formula is C14H13N3. The van der Waals surface area contributed by atoms with E-state index in [-0.39, 0.29) is 5.41 Å². The summed E-state index contributed by atoms with van der Waals surface area (Å²) in [6.45, 7) is 0. The molecule has 0 N–H and O–H groups in total. The second-order valence-electron chi connectivity index (χ2n) is 4.54. The fourth-order valence-corrected chi connectivity index (χ4v) is 2.35. The summed E-state index contributed by atoms with van der Waals surface area (Å²) in [6.07, 6.45) is 6.82. The predicted molar refractivity (Wildman–Crippen MR) is 64.7 cm³/mol. The summed E-state index contributed by atoms with van der Waals surface area (Å²) in [6, 6.07) is 12.5. The fourth-order valence-electron chi connectivity index (χ4n) is 2.35. The van der Waals surface area contributed by atoms with Crippen LogP contribution in [-0.4, -0.2) is 9.78 Å². The third kappa shape index (κ3) is 1.53. The molecular weight excluding hydrogens is 210 g/mol. The van der Waals surface area contributed by atoms with Gasteiger partial charge in [0.05, 0.1) is 17.2 Å². The van der Waals surface area contributed by atoms with Crippen LogP contribution in [0.3, 0.4) is 0 Å². The lowest BCUT2D eigenvalue weighted by Crippen LogP contribution is -2.32. The molecule has 84 valence electrons. The molecule has 0 atom stereocenters. The van der Waals surface area contributed by atoms with Crippen molar-refractivity contribution in [2.24, 2.45) is 0 Å². The lowest BCUT2D eigenvalue weighted by molar-refractivity contribution is 0.324. The van der Waals surface area contributed by atoms with Crippen LogP contribution < -0.4 is 0 Å². The van der Waals surface area contributed by atoms with E-state index >= 15 is 0 Å². The summed E-state index contributed by atoms with van der Waals surface area (Å²) < 4.78 is 1.82. The van der Waals surface area contributed by atoms with Crippen LogP contribution in [0.25, 0.3) is 5.69 Å². The van der Waals surface area contributed by atoms with Crippen LogP contribution in [0.15, 0.2) is 42.7 Å². The Morgan fingerprint density at radius 1 is 1.24 bits per heavy atom. The molecule has 0 unspecified atom stereocenters. The molecule has 0 radical (unpaired) electrons. The number of benzene rings is 1. The highest BCUT2D eigenvalue weighted by Gasteiger charge is 2.38. The maximum absolute atomic E-state index is 9.28. The van der Waals surface area contributed by atoms with Gasteiger partial charge in [0.15, 0.2) is 0 Å². The highest BCUT2D eigenvalue weighted by atomic mass is 15.3. The summed E-state index contributed by atoms with van der Waals surface area (Å²) in [4.78, 5) is 0. The Labute approximate surface area is 100 Å². The number of hydrogen-bond donors (Lipinski definition) is 0. The summed E-state index contributed by atoms with van der Waals surface area (Å²) in [5, 5.41) is 13.5. The molecule has 0 spiro atoms. The van der Waals surface area contributed by atoms with E-state index in [1.54, 1.807) is 6.20 Å². The Bertz CT molecular complexity index is 542. The second-order valence-corrected chi connectivity index (χ2v) is 4.54. The first-order valence-corrected chi connectivity index (χ1v) is 5.86. The van der Waals surface area contributed by atoms with Crippen molar-refractivity contribution >= 4 is 0 Å². The summed E-state index contributed by atoms with van der Waals surface area (Å²) >= 11 is 0. The van der Waals surface area contributed by atoms with Crippen molar-refractivity contribution in [3.8, 4) is 11.8 Å². The normalized spacial score (nSPS) is 17.1. The minimum Gasteiger partial charge on any atom is -0.241 e. The molecule has 2 aromatic rings. The maximum atomic E-state index is 9.28. The molecule has 3 rings (SSSR count). The van der Waals surface area contributed by atoms with Crippen molar-refractivity contribution in [2.75, 3.05) is 0 Å². The van der Waals surface area contributed by atoms with Gasteiger partial charge in [-0.25, -0.2) is 4.68 Å². The van der Waals surface area contributed by atoms with Crippen LogP contribution in [0.5, 0.6) is 0 Å². The Morgan fingerprint density at radius 2 is 2.00 bits per heavy atom. The van der Waals surface area contributed by atoms with E-state index in [1.165, 1.54) is 0 Å². The monoisotopic (exact) mass is 223 g/mol. The van der Waals surface area contributed by atoms with E-state index < -0.39 is 0 Å². The first-order valence-electron chi connectivity index (χ1n) is 5.86. The molecule has 0 bridgehead atoms. The van der Waals surface area contributed by atoms with Crippen molar-refractivity contribution in [1.82, 2.24) is 9.78 Å². The lowest BCUT2D eigenvalue weighted by atomic mass is 9.65. The predicted octanol–water partition coefficient (Wildman–Crippen LogP) is 2.82. The zero-order valence-electron chi connectivity index (χ0n) is 9.50. The zero-order chi connectivity index (χ0) is 11.7. The molecule has 0 saturated heterocycles.